The zero-order chi connectivity index (χ0) is 13.6. The summed E-state index contributed by atoms with van der Waals surface area (Å²) in [6, 6.07) is 0. The summed E-state index contributed by atoms with van der Waals surface area (Å²) >= 11 is 0. The van der Waals surface area contributed by atoms with E-state index in [1.807, 2.05) is 0 Å². The molecule has 1 saturated carbocycles. The molecule has 0 spiro atoms. The molecule has 1 aliphatic heterocycles. The van der Waals surface area contributed by atoms with Crippen LogP contribution < -0.4 is 0 Å². The van der Waals surface area contributed by atoms with E-state index in [1.54, 1.807) is 0 Å². The van der Waals surface area contributed by atoms with Crippen LogP contribution in [0, 0.1) is 17.8 Å². The number of rotatable bonds is 4. The van der Waals surface area contributed by atoms with Gasteiger partial charge in [-0.05, 0) is 24.7 Å². The minimum absolute atomic E-state index is 0.0563. The fourth-order valence-corrected chi connectivity index (χ4v) is 4.19. The van der Waals surface area contributed by atoms with Gasteiger partial charge in [-0.1, -0.05) is 0 Å². The van der Waals surface area contributed by atoms with Crippen molar-refractivity contribution in [3.05, 3.63) is 12.4 Å². The number of nitrogens with zero attached hydrogens (tertiary/aromatic N) is 2. The van der Waals surface area contributed by atoms with Crippen LogP contribution in [0.15, 0.2) is 17.3 Å². The van der Waals surface area contributed by atoms with E-state index in [9.17, 15) is 18.3 Å². The predicted molar refractivity (Wildman–Crippen MR) is 64.7 cm³/mol. The molecular formula is C11H15N3O4S. The van der Waals surface area contributed by atoms with Gasteiger partial charge in [0.15, 0.2) is 0 Å². The van der Waals surface area contributed by atoms with Gasteiger partial charge in [0.25, 0.3) is 0 Å². The molecule has 7 nitrogen and oxygen atoms in total. The fraction of sp³-hybridized carbons (Fsp3) is 0.636. The van der Waals surface area contributed by atoms with Crippen LogP contribution in [0.25, 0.3) is 0 Å². The summed E-state index contributed by atoms with van der Waals surface area (Å²) in [6.45, 7) is 0.360. The molecule has 2 aliphatic rings. The Labute approximate surface area is 110 Å². The summed E-state index contributed by atoms with van der Waals surface area (Å²) in [5.74, 6) is -1.18. The Morgan fingerprint density at radius 1 is 1.42 bits per heavy atom. The normalized spacial score (nSPS) is 28.6. The smallest absolute Gasteiger partial charge is 0.308 e. The van der Waals surface area contributed by atoms with E-state index < -0.39 is 21.9 Å². The van der Waals surface area contributed by atoms with E-state index in [2.05, 4.69) is 10.2 Å². The summed E-state index contributed by atoms with van der Waals surface area (Å²) in [6.07, 6.45) is 4.58. The number of aromatic amines is 1. The lowest BCUT2D eigenvalue weighted by Crippen LogP contribution is -2.29. The maximum atomic E-state index is 12.3. The number of aromatic nitrogens is 2. The number of carboxylic acids is 1. The van der Waals surface area contributed by atoms with Crippen LogP contribution in [-0.4, -0.2) is 47.1 Å². The molecule has 0 aromatic carbocycles. The van der Waals surface area contributed by atoms with Gasteiger partial charge < -0.3 is 5.11 Å². The molecule has 1 saturated heterocycles. The monoisotopic (exact) mass is 285 g/mol. The average molecular weight is 285 g/mol. The molecule has 1 aromatic rings. The number of aliphatic carboxylic acids is 1. The second-order valence-corrected chi connectivity index (χ2v) is 7.14. The highest BCUT2D eigenvalue weighted by atomic mass is 32.2. The van der Waals surface area contributed by atoms with Gasteiger partial charge in [-0.2, -0.15) is 9.40 Å². The Morgan fingerprint density at radius 3 is 2.68 bits per heavy atom. The van der Waals surface area contributed by atoms with Crippen LogP contribution in [0.3, 0.4) is 0 Å². The van der Waals surface area contributed by atoms with Crippen LogP contribution in [-0.2, 0) is 14.8 Å². The lowest BCUT2D eigenvalue weighted by molar-refractivity contribution is -0.142. The van der Waals surface area contributed by atoms with Crippen molar-refractivity contribution in [3.63, 3.8) is 0 Å². The molecule has 3 rings (SSSR count). The Morgan fingerprint density at radius 2 is 2.16 bits per heavy atom. The van der Waals surface area contributed by atoms with Crippen LogP contribution in [0.1, 0.15) is 12.8 Å². The SMILES string of the molecule is O=C(O)[C@@H]1CN(S(=O)(=O)c2cn[nH]c2)C[C@H]1C1CC1. The van der Waals surface area contributed by atoms with Gasteiger partial charge in [-0.3, -0.25) is 9.89 Å². The third-order valence-electron chi connectivity index (χ3n) is 3.99. The first-order chi connectivity index (χ1) is 9.00. The zero-order valence-corrected chi connectivity index (χ0v) is 11.0. The topological polar surface area (TPSA) is 103 Å². The third-order valence-corrected chi connectivity index (χ3v) is 5.78. The first-order valence-corrected chi connectivity index (χ1v) is 7.66. The van der Waals surface area contributed by atoms with Crippen molar-refractivity contribution in [3.8, 4) is 0 Å². The van der Waals surface area contributed by atoms with Crippen LogP contribution in [0.4, 0.5) is 0 Å². The molecule has 104 valence electrons. The number of H-pyrrole nitrogens is 1. The number of hydrogen-bond donors (Lipinski definition) is 2. The number of carboxylic acid groups (broad SMARTS) is 1. The Balaban J connectivity index is 1.85. The highest BCUT2D eigenvalue weighted by Crippen LogP contribution is 2.45. The number of carbonyl (C=O) groups is 1. The molecule has 19 heavy (non-hydrogen) atoms. The van der Waals surface area contributed by atoms with Crippen molar-refractivity contribution in [2.24, 2.45) is 17.8 Å². The van der Waals surface area contributed by atoms with Gasteiger partial charge in [0.05, 0.1) is 12.1 Å². The molecule has 0 bridgehead atoms. The van der Waals surface area contributed by atoms with E-state index >= 15 is 0 Å². The number of nitrogens with one attached hydrogen (secondary N) is 1. The molecule has 0 radical (unpaired) electrons. The molecular weight excluding hydrogens is 270 g/mol. The maximum absolute atomic E-state index is 12.3. The quantitative estimate of drug-likeness (QED) is 0.819. The van der Waals surface area contributed by atoms with E-state index in [0.717, 1.165) is 12.8 Å². The number of hydrogen-bond acceptors (Lipinski definition) is 4. The second kappa shape index (κ2) is 4.31. The first-order valence-electron chi connectivity index (χ1n) is 6.22. The van der Waals surface area contributed by atoms with E-state index in [4.69, 9.17) is 0 Å². The summed E-state index contributed by atoms with van der Waals surface area (Å²) in [5, 5.41) is 15.3. The van der Waals surface area contributed by atoms with E-state index in [-0.39, 0.29) is 17.4 Å². The maximum Gasteiger partial charge on any atom is 0.308 e. The lowest BCUT2D eigenvalue weighted by Gasteiger charge is -2.14. The molecule has 2 heterocycles. The molecule has 0 amide bonds. The number of sulfonamides is 1. The highest BCUT2D eigenvalue weighted by molar-refractivity contribution is 7.89. The molecule has 0 unspecified atom stereocenters. The van der Waals surface area contributed by atoms with E-state index in [0.29, 0.717) is 12.5 Å². The van der Waals surface area contributed by atoms with E-state index in [1.165, 1.54) is 16.7 Å². The largest absolute Gasteiger partial charge is 0.481 e. The molecule has 2 fully saturated rings. The summed E-state index contributed by atoms with van der Waals surface area (Å²) in [7, 11) is -3.62. The Bertz CT molecular complexity index is 579. The van der Waals surface area contributed by atoms with Gasteiger partial charge in [0.2, 0.25) is 10.0 Å². The van der Waals surface area contributed by atoms with Gasteiger partial charge >= 0.3 is 5.97 Å². The van der Waals surface area contributed by atoms with Crippen molar-refractivity contribution in [2.75, 3.05) is 13.1 Å². The van der Waals surface area contributed by atoms with Crippen molar-refractivity contribution < 1.29 is 18.3 Å². The molecule has 2 atom stereocenters. The molecule has 2 N–H and O–H groups in total. The second-order valence-electron chi connectivity index (χ2n) is 5.20. The third kappa shape index (κ3) is 2.14. The molecule has 1 aliphatic carbocycles. The van der Waals surface area contributed by atoms with Crippen molar-refractivity contribution in [2.45, 2.75) is 17.7 Å². The fourth-order valence-electron chi connectivity index (χ4n) is 2.78. The standard InChI is InChI=1S/C11H15N3O4S/c15-11(16)10-6-14(5-9(10)7-1-2-7)19(17,18)8-3-12-13-4-8/h3-4,7,9-10H,1-2,5-6H2,(H,12,13)(H,15,16)/t9-,10+/m0/s1. The van der Waals surface area contributed by atoms with Crippen molar-refractivity contribution in [1.29, 1.82) is 0 Å². The van der Waals surface area contributed by atoms with Crippen molar-refractivity contribution in [1.82, 2.24) is 14.5 Å². The summed E-state index contributed by atoms with van der Waals surface area (Å²) in [5.41, 5.74) is 0. The minimum atomic E-state index is -3.62. The molecule has 8 heteroatoms. The average Bonchev–Trinajstić information content (AvgIpc) is 2.91. The lowest BCUT2D eigenvalue weighted by atomic mass is 9.92. The Kier molecular flexibility index (Phi) is 2.86. The summed E-state index contributed by atoms with van der Waals surface area (Å²) in [4.78, 5) is 11.4. The van der Waals surface area contributed by atoms with Gasteiger partial charge in [0.1, 0.15) is 4.90 Å². The highest BCUT2D eigenvalue weighted by Gasteiger charge is 2.48. The van der Waals surface area contributed by atoms with Gasteiger partial charge in [-0.15, -0.1) is 0 Å². The van der Waals surface area contributed by atoms with Crippen molar-refractivity contribution >= 4 is 16.0 Å². The summed E-state index contributed by atoms with van der Waals surface area (Å²) < 4.78 is 25.9. The van der Waals surface area contributed by atoms with Crippen LogP contribution in [0.2, 0.25) is 0 Å². The van der Waals surface area contributed by atoms with Gasteiger partial charge in [0, 0.05) is 19.3 Å². The van der Waals surface area contributed by atoms with Crippen LogP contribution >= 0.6 is 0 Å². The Hall–Kier alpha value is -1.41. The van der Waals surface area contributed by atoms with Crippen LogP contribution in [0.5, 0.6) is 0 Å². The van der Waals surface area contributed by atoms with Gasteiger partial charge in [-0.25, -0.2) is 8.42 Å². The predicted octanol–water partition coefficient (Wildman–Crippen LogP) is 0.141. The zero-order valence-electron chi connectivity index (χ0n) is 10.2. The minimum Gasteiger partial charge on any atom is -0.481 e. The first kappa shape index (κ1) is 12.6. The molecule has 1 aromatic heterocycles.